The Labute approximate surface area is 121 Å². The number of halogens is 2. The largest absolute Gasteiger partial charge is 0.398 e. The number of pyridine rings is 1. The summed E-state index contributed by atoms with van der Waals surface area (Å²) in [6.07, 6.45) is 1.81. The molecule has 0 bridgehead atoms. The zero-order chi connectivity index (χ0) is 12.3. The van der Waals surface area contributed by atoms with Crippen molar-refractivity contribution >= 4 is 49.3 Å². The number of aromatic nitrogens is 1. The zero-order valence-electron chi connectivity index (χ0n) is 8.86. The molecule has 0 aliphatic carbocycles. The van der Waals surface area contributed by atoms with Crippen molar-refractivity contribution in [1.82, 2.24) is 4.98 Å². The van der Waals surface area contributed by atoms with Crippen molar-refractivity contribution in [2.45, 2.75) is 10.6 Å². The highest BCUT2D eigenvalue weighted by molar-refractivity contribution is 9.10. The lowest BCUT2D eigenvalue weighted by Crippen LogP contribution is -1.90. The van der Waals surface area contributed by atoms with Gasteiger partial charge in [0.1, 0.15) is 0 Å². The predicted octanol–water partition coefficient (Wildman–Crippen LogP) is 4.48. The van der Waals surface area contributed by atoms with Gasteiger partial charge in [0.2, 0.25) is 0 Å². The molecule has 17 heavy (non-hydrogen) atoms. The number of hydrogen-bond acceptors (Lipinski definition) is 3. The third-order valence-electron chi connectivity index (χ3n) is 2.14. The van der Waals surface area contributed by atoms with Crippen LogP contribution in [0, 0.1) is 0 Å². The van der Waals surface area contributed by atoms with Crippen LogP contribution in [0.1, 0.15) is 5.69 Å². The van der Waals surface area contributed by atoms with E-state index in [-0.39, 0.29) is 0 Å². The number of hydrogen-bond donors (Lipinski definition) is 1. The maximum atomic E-state index is 5.93. The van der Waals surface area contributed by atoms with E-state index in [2.05, 4.69) is 36.8 Å². The molecular weight excluding hydrogens is 364 g/mol. The second kappa shape index (κ2) is 5.89. The molecule has 0 unspecified atom stereocenters. The summed E-state index contributed by atoms with van der Waals surface area (Å²) in [5.41, 5.74) is 7.77. The highest BCUT2D eigenvalue weighted by Crippen LogP contribution is 2.29. The Morgan fingerprint density at radius 2 is 1.88 bits per heavy atom. The molecule has 2 N–H and O–H groups in total. The number of nitrogens with zero attached hydrogens (tertiary/aromatic N) is 1. The normalized spacial score (nSPS) is 10.5. The Morgan fingerprint density at radius 3 is 2.53 bits per heavy atom. The van der Waals surface area contributed by atoms with Crippen molar-refractivity contribution in [3.63, 3.8) is 0 Å². The van der Waals surface area contributed by atoms with Crippen LogP contribution in [0.4, 0.5) is 5.69 Å². The molecule has 0 spiro atoms. The Hall–Kier alpha value is -0.520. The summed E-state index contributed by atoms with van der Waals surface area (Å²) in [6.45, 7) is 0. The third-order valence-corrected chi connectivity index (χ3v) is 4.22. The van der Waals surface area contributed by atoms with E-state index >= 15 is 0 Å². The first-order valence-corrected chi connectivity index (χ1v) is 7.50. The molecule has 1 heterocycles. The number of nitrogen functional groups attached to an aromatic ring is 1. The van der Waals surface area contributed by atoms with Crippen molar-refractivity contribution in [1.29, 1.82) is 0 Å². The molecule has 0 amide bonds. The van der Waals surface area contributed by atoms with Crippen LogP contribution in [0.25, 0.3) is 0 Å². The average Bonchev–Trinajstić information content (AvgIpc) is 2.30. The van der Waals surface area contributed by atoms with Crippen molar-refractivity contribution in [2.24, 2.45) is 0 Å². The molecule has 0 saturated heterocycles. The van der Waals surface area contributed by atoms with Crippen molar-refractivity contribution in [2.75, 3.05) is 5.73 Å². The van der Waals surface area contributed by atoms with Gasteiger partial charge < -0.3 is 5.73 Å². The van der Waals surface area contributed by atoms with Crippen LogP contribution in [0.15, 0.2) is 50.4 Å². The highest BCUT2D eigenvalue weighted by atomic mass is 79.9. The Kier molecular flexibility index (Phi) is 4.48. The van der Waals surface area contributed by atoms with Gasteiger partial charge in [-0.2, -0.15) is 0 Å². The van der Waals surface area contributed by atoms with Crippen molar-refractivity contribution in [3.8, 4) is 0 Å². The standard InChI is InChI=1S/C12H10Br2N2S/c13-8-2-4-12(11(15)5-8)17-7-10-3-1-9(14)6-16-10/h1-6H,7,15H2. The van der Waals surface area contributed by atoms with Crippen LogP contribution in [0.3, 0.4) is 0 Å². The fraction of sp³-hybridized carbons (Fsp3) is 0.0833. The monoisotopic (exact) mass is 372 g/mol. The van der Waals surface area contributed by atoms with Crippen LogP contribution in [0.5, 0.6) is 0 Å². The molecule has 2 aromatic rings. The second-order valence-corrected chi connectivity index (χ2v) is 6.29. The van der Waals surface area contributed by atoms with Gasteiger partial charge in [-0.3, -0.25) is 4.98 Å². The summed E-state index contributed by atoms with van der Waals surface area (Å²) in [6, 6.07) is 9.92. The Bertz CT molecular complexity index is 514. The molecule has 1 aromatic carbocycles. The lowest BCUT2D eigenvalue weighted by molar-refractivity contribution is 1.16. The SMILES string of the molecule is Nc1cc(Br)ccc1SCc1ccc(Br)cn1. The molecule has 88 valence electrons. The van der Waals surface area contributed by atoms with Gasteiger partial charge >= 0.3 is 0 Å². The minimum Gasteiger partial charge on any atom is -0.398 e. The van der Waals surface area contributed by atoms with E-state index < -0.39 is 0 Å². The zero-order valence-corrected chi connectivity index (χ0v) is 12.8. The van der Waals surface area contributed by atoms with E-state index in [1.54, 1.807) is 18.0 Å². The minimum absolute atomic E-state index is 0.793. The third kappa shape index (κ3) is 3.72. The van der Waals surface area contributed by atoms with Gasteiger partial charge in [-0.05, 0) is 46.3 Å². The van der Waals surface area contributed by atoms with E-state index in [0.717, 1.165) is 31.0 Å². The van der Waals surface area contributed by atoms with Crippen LogP contribution in [0.2, 0.25) is 0 Å². The highest BCUT2D eigenvalue weighted by Gasteiger charge is 2.02. The lowest BCUT2D eigenvalue weighted by Gasteiger charge is -2.05. The fourth-order valence-electron chi connectivity index (χ4n) is 1.29. The molecular formula is C12H10Br2N2S. The first kappa shape index (κ1) is 12.9. The lowest BCUT2D eigenvalue weighted by atomic mass is 10.3. The first-order chi connectivity index (χ1) is 8.15. The Morgan fingerprint density at radius 1 is 1.12 bits per heavy atom. The number of rotatable bonds is 3. The molecule has 0 saturated carbocycles. The number of thioether (sulfide) groups is 1. The second-order valence-electron chi connectivity index (χ2n) is 3.44. The van der Waals surface area contributed by atoms with Gasteiger partial charge in [0, 0.05) is 31.5 Å². The van der Waals surface area contributed by atoms with Crippen molar-refractivity contribution < 1.29 is 0 Å². The van der Waals surface area contributed by atoms with Gasteiger partial charge in [-0.15, -0.1) is 11.8 Å². The van der Waals surface area contributed by atoms with Gasteiger partial charge in [0.05, 0.1) is 5.69 Å². The molecule has 5 heteroatoms. The molecule has 0 atom stereocenters. The van der Waals surface area contributed by atoms with Gasteiger partial charge in [0.15, 0.2) is 0 Å². The number of benzene rings is 1. The first-order valence-electron chi connectivity index (χ1n) is 4.93. The summed E-state index contributed by atoms with van der Waals surface area (Å²) in [5.74, 6) is 0.819. The van der Waals surface area contributed by atoms with E-state index in [4.69, 9.17) is 5.73 Å². The fourth-order valence-corrected chi connectivity index (χ4v) is 2.77. The van der Waals surface area contributed by atoms with Crippen molar-refractivity contribution in [3.05, 3.63) is 51.2 Å². The molecule has 2 rings (SSSR count). The summed E-state index contributed by atoms with van der Waals surface area (Å²) in [7, 11) is 0. The summed E-state index contributed by atoms with van der Waals surface area (Å²) < 4.78 is 2.00. The van der Waals surface area contributed by atoms with E-state index in [1.807, 2.05) is 30.3 Å². The Balaban J connectivity index is 2.04. The molecule has 0 aliphatic heterocycles. The molecule has 0 aliphatic rings. The van der Waals surface area contributed by atoms with E-state index in [9.17, 15) is 0 Å². The molecule has 1 aromatic heterocycles. The van der Waals surface area contributed by atoms with Gasteiger partial charge in [0.25, 0.3) is 0 Å². The molecule has 2 nitrogen and oxygen atoms in total. The smallest absolute Gasteiger partial charge is 0.0507 e. The topological polar surface area (TPSA) is 38.9 Å². The minimum atomic E-state index is 0.793. The van der Waals surface area contributed by atoms with Crippen LogP contribution >= 0.6 is 43.6 Å². The van der Waals surface area contributed by atoms with Gasteiger partial charge in [-0.1, -0.05) is 15.9 Å². The van der Waals surface area contributed by atoms with E-state index in [1.165, 1.54) is 0 Å². The van der Waals surface area contributed by atoms with E-state index in [0.29, 0.717) is 0 Å². The van der Waals surface area contributed by atoms with Crippen LogP contribution in [-0.2, 0) is 5.75 Å². The molecule has 0 fully saturated rings. The summed E-state index contributed by atoms with van der Waals surface area (Å²) in [4.78, 5) is 5.40. The maximum absolute atomic E-state index is 5.93. The molecule has 0 radical (unpaired) electrons. The maximum Gasteiger partial charge on any atom is 0.0507 e. The number of anilines is 1. The number of nitrogens with two attached hydrogens (primary N) is 1. The van der Waals surface area contributed by atoms with Gasteiger partial charge in [-0.25, -0.2) is 0 Å². The summed E-state index contributed by atoms with van der Waals surface area (Å²) in [5, 5.41) is 0. The van der Waals surface area contributed by atoms with Crippen LogP contribution in [-0.4, -0.2) is 4.98 Å². The summed E-state index contributed by atoms with van der Waals surface area (Å²) >= 11 is 8.45. The van der Waals surface area contributed by atoms with Crippen LogP contribution < -0.4 is 5.73 Å². The average molecular weight is 374 g/mol. The predicted molar refractivity (Wildman–Crippen MR) is 80.1 cm³/mol. The quantitative estimate of drug-likeness (QED) is 0.636.